The molecule has 0 bridgehead atoms. The topological polar surface area (TPSA) is 213 Å². The van der Waals surface area contributed by atoms with Gasteiger partial charge in [-0.05, 0) is 6.92 Å². The molecule has 0 aromatic carbocycles. The van der Waals surface area contributed by atoms with Gasteiger partial charge in [0.2, 0.25) is 0 Å². The van der Waals surface area contributed by atoms with Crippen molar-refractivity contribution in [3.63, 3.8) is 0 Å². The first-order valence-corrected chi connectivity index (χ1v) is 9.10. The van der Waals surface area contributed by atoms with Crippen LogP contribution in [0.25, 0.3) is 0 Å². The van der Waals surface area contributed by atoms with Crippen molar-refractivity contribution in [1.82, 2.24) is 14.7 Å². The minimum absolute atomic E-state index is 0.0463. The fourth-order valence-corrected chi connectivity index (χ4v) is 2.79. The van der Waals surface area contributed by atoms with Crippen LogP contribution in [-0.4, -0.2) is 134 Å². The molecule has 0 spiro atoms. The van der Waals surface area contributed by atoms with Crippen LogP contribution >= 0.6 is 0 Å². The van der Waals surface area contributed by atoms with Crippen molar-refractivity contribution < 1.29 is 54.3 Å². The van der Waals surface area contributed by atoms with Gasteiger partial charge in [0.25, 0.3) is 0 Å². The fraction of sp³-hybridized carbons (Fsp3) is 0.647. The van der Waals surface area contributed by atoms with Crippen molar-refractivity contribution in [1.29, 1.82) is 0 Å². The van der Waals surface area contributed by atoms with Gasteiger partial charge in [-0.15, -0.1) is 0 Å². The largest absolute Gasteiger partial charge is 0.481 e. The number of carbonyl (C=O) groups excluding carboxylic acids is 1. The van der Waals surface area contributed by atoms with E-state index in [1.807, 2.05) is 0 Å². The zero-order chi connectivity index (χ0) is 24.1. The first kappa shape index (κ1) is 27.9. The molecule has 0 aromatic heterocycles. The lowest BCUT2D eigenvalue weighted by Gasteiger charge is -2.32. The fourth-order valence-electron chi connectivity index (χ4n) is 2.79. The van der Waals surface area contributed by atoms with Gasteiger partial charge in [-0.2, -0.15) is 0 Å². The average Bonchev–Trinajstić information content (AvgIpc) is 2.58. The summed E-state index contributed by atoms with van der Waals surface area (Å²) in [6.07, 6.45) is -0.340. The summed E-state index contributed by atoms with van der Waals surface area (Å²) in [7, 11) is 0. The lowest BCUT2D eigenvalue weighted by atomic mass is 10.1. The molecule has 5 N–H and O–H groups in total. The normalized spacial score (nSPS) is 12.1. The molecule has 176 valence electrons. The molecule has 1 atom stereocenters. The van der Waals surface area contributed by atoms with Crippen LogP contribution in [0.15, 0.2) is 0 Å². The summed E-state index contributed by atoms with van der Waals surface area (Å²) in [6.45, 7) is -2.05. The van der Waals surface area contributed by atoms with Gasteiger partial charge in [-0.1, -0.05) is 0 Å². The van der Waals surface area contributed by atoms with Crippen LogP contribution in [0.1, 0.15) is 13.3 Å². The molecule has 0 aliphatic carbocycles. The van der Waals surface area contributed by atoms with Crippen LogP contribution in [-0.2, 0) is 28.8 Å². The molecule has 0 aliphatic rings. The maximum Gasteiger partial charge on any atom is 0.317 e. The van der Waals surface area contributed by atoms with E-state index in [1.54, 1.807) is 0 Å². The maximum absolute atomic E-state index is 12.1. The Balaban J connectivity index is 5.45. The molecule has 14 heteroatoms. The van der Waals surface area contributed by atoms with Gasteiger partial charge in [0.05, 0.1) is 38.6 Å². The minimum Gasteiger partial charge on any atom is -0.481 e. The SMILES string of the molecule is CC(=O)C(CN(CCN(CCC(=O)O)CC(=O)O)CC(=O)O)N(CC(=O)O)CC(=O)O. The number of hydrogen-bond acceptors (Lipinski definition) is 9. The van der Waals surface area contributed by atoms with E-state index in [2.05, 4.69) is 0 Å². The Morgan fingerprint density at radius 3 is 1.42 bits per heavy atom. The zero-order valence-corrected chi connectivity index (χ0v) is 17.0. The van der Waals surface area contributed by atoms with Crippen LogP contribution in [0, 0.1) is 0 Å². The highest BCUT2D eigenvalue weighted by Crippen LogP contribution is 2.06. The number of carbonyl (C=O) groups is 6. The molecule has 0 saturated heterocycles. The number of Topliss-reactive ketones (excluding diaryl/α,β-unsaturated/α-hetero) is 1. The van der Waals surface area contributed by atoms with Crippen LogP contribution < -0.4 is 0 Å². The van der Waals surface area contributed by atoms with Crippen molar-refractivity contribution >= 4 is 35.6 Å². The number of aliphatic carboxylic acids is 5. The number of carboxylic acids is 5. The van der Waals surface area contributed by atoms with Gasteiger partial charge >= 0.3 is 29.8 Å². The third-order valence-corrected chi connectivity index (χ3v) is 4.11. The van der Waals surface area contributed by atoms with Gasteiger partial charge in [0.1, 0.15) is 5.78 Å². The highest BCUT2D eigenvalue weighted by molar-refractivity contribution is 5.83. The molecule has 0 heterocycles. The molecule has 0 aromatic rings. The summed E-state index contributed by atoms with van der Waals surface area (Å²) >= 11 is 0. The predicted molar refractivity (Wildman–Crippen MR) is 102 cm³/mol. The van der Waals surface area contributed by atoms with Crippen LogP contribution in [0.3, 0.4) is 0 Å². The third kappa shape index (κ3) is 13.7. The molecular weight excluding hydrogens is 422 g/mol. The summed E-state index contributed by atoms with van der Waals surface area (Å²) in [6, 6.07) is -1.24. The molecule has 0 rings (SSSR count). The minimum atomic E-state index is -1.38. The molecule has 0 fully saturated rings. The van der Waals surface area contributed by atoms with Gasteiger partial charge in [-0.3, -0.25) is 43.5 Å². The molecule has 0 radical (unpaired) electrons. The predicted octanol–water partition coefficient (Wildman–Crippen LogP) is -2.34. The number of rotatable bonds is 18. The van der Waals surface area contributed by atoms with E-state index >= 15 is 0 Å². The molecule has 0 saturated carbocycles. The van der Waals surface area contributed by atoms with Crippen molar-refractivity contribution in [3.05, 3.63) is 0 Å². The Bertz CT molecular complexity index is 666. The van der Waals surface area contributed by atoms with E-state index in [9.17, 15) is 28.8 Å². The molecule has 31 heavy (non-hydrogen) atoms. The van der Waals surface area contributed by atoms with Crippen molar-refractivity contribution in [2.45, 2.75) is 19.4 Å². The van der Waals surface area contributed by atoms with Crippen LogP contribution in [0.5, 0.6) is 0 Å². The summed E-state index contributed by atoms with van der Waals surface area (Å²) in [5.41, 5.74) is 0. The van der Waals surface area contributed by atoms with E-state index in [-0.39, 0.29) is 32.6 Å². The highest BCUT2D eigenvalue weighted by Gasteiger charge is 2.29. The zero-order valence-electron chi connectivity index (χ0n) is 17.0. The molecule has 1 unspecified atom stereocenters. The first-order valence-electron chi connectivity index (χ1n) is 9.10. The van der Waals surface area contributed by atoms with Gasteiger partial charge in [-0.25, -0.2) is 0 Å². The van der Waals surface area contributed by atoms with Gasteiger partial charge in [0.15, 0.2) is 0 Å². The van der Waals surface area contributed by atoms with E-state index in [0.717, 1.165) is 11.8 Å². The number of hydrogen-bond donors (Lipinski definition) is 5. The van der Waals surface area contributed by atoms with Crippen molar-refractivity contribution in [2.24, 2.45) is 0 Å². The van der Waals surface area contributed by atoms with Crippen molar-refractivity contribution in [2.75, 3.05) is 52.4 Å². The lowest BCUT2D eigenvalue weighted by Crippen LogP contribution is -2.53. The second-order valence-electron chi connectivity index (χ2n) is 6.76. The molecular formula is C17H27N3O11. The number of ketones is 1. The Kier molecular flexibility index (Phi) is 12.6. The summed E-state index contributed by atoms with van der Waals surface area (Å²) < 4.78 is 0. The van der Waals surface area contributed by atoms with Crippen molar-refractivity contribution in [3.8, 4) is 0 Å². The second kappa shape index (κ2) is 14.0. The summed E-state index contributed by atoms with van der Waals surface area (Å²) in [5.74, 6) is -6.97. The van der Waals surface area contributed by atoms with E-state index in [1.165, 1.54) is 9.80 Å². The van der Waals surface area contributed by atoms with Gasteiger partial charge in [0, 0.05) is 26.2 Å². The second-order valence-corrected chi connectivity index (χ2v) is 6.76. The smallest absolute Gasteiger partial charge is 0.317 e. The maximum atomic E-state index is 12.1. The quantitative estimate of drug-likeness (QED) is 0.148. The Hall–Kier alpha value is -3.10. The average molecular weight is 449 g/mol. The summed E-state index contributed by atoms with van der Waals surface area (Å²) in [5, 5.41) is 44.9. The van der Waals surface area contributed by atoms with Gasteiger partial charge < -0.3 is 25.5 Å². The monoisotopic (exact) mass is 449 g/mol. The molecule has 0 amide bonds. The standard InChI is InChI=1S/C17H27N3O11/c1-11(21)12(20(9-16(28)29)10-17(30)31)6-19(8-15(26)27)5-4-18(7-14(24)25)3-2-13(22)23/h12H,2-10H2,1H3,(H,22,23)(H,24,25)(H,26,27)(H,28,29)(H,30,31). The van der Waals surface area contributed by atoms with Crippen LogP contribution in [0.4, 0.5) is 0 Å². The molecule has 0 aliphatic heterocycles. The lowest BCUT2D eigenvalue weighted by molar-refractivity contribution is -0.146. The molecule has 14 nitrogen and oxygen atoms in total. The van der Waals surface area contributed by atoms with E-state index in [0.29, 0.717) is 0 Å². The number of nitrogens with zero attached hydrogens (tertiary/aromatic N) is 3. The first-order chi connectivity index (χ1) is 14.3. The van der Waals surface area contributed by atoms with E-state index in [4.69, 9.17) is 25.5 Å². The van der Waals surface area contributed by atoms with Crippen LogP contribution in [0.2, 0.25) is 0 Å². The highest BCUT2D eigenvalue weighted by atomic mass is 16.4. The summed E-state index contributed by atoms with van der Waals surface area (Å²) in [4.78, 5) is 70.5. The van der Waals surface area contributed by atoms with E-state index < -0.39 is 67.9 Å². The Morgan fingerprint density at radius 1 is 0.613 bits per heavy atom. The number of carboxylic acid groups (broad SMARTS) is 5. The third-order valence-electron chi connectivity index (χ3n) is 4.11. The Morgan fingerprint density at radius 2 is 1.03 bits per heavy atom. The Labute approximate surface area is 177 Å².